The molecular formula is C15H23ClN2S. The number of hydrogen-bond acceptors (Lipinski definition) is 3. The molecule has 1 N–H and O–H groups in total. The van der Waals surface area contributed by atoms with E-state index < -0.39 is 0 Å². The molecule has 0 saturated carbocycles. The van der Waals surface area contributed by atoms with Crippen molar-refractivity contribution in [2.75, 3.05) is 23.7 Å². The maximum Gasteiger partial charge on any atom is 0.0642 e. The van der Waals surface area contributed by atoms with Gasteiger partial charge in [-0.15, -0.1) is 0 Å². The molecule has 1 aliphatic rings. The average molecular weight is 299 g/mol. The lowest BCUT2D eigenvalue weighted by Gasteiger charge is -2.34. The maximum absolute atomic E-state index is 6.45. The van der Waals surface area contributed by atoms with Crippen LogP contribution in [0.25, 0.3) is 0 Å². The van der Waals surface area contributed by atoms with Gasteiger partial charge in [0, 0.05) is 36.7 Å². The van der Waals surface area contributed by atoms with E-state index >= 15 is 0 Å². The summed E-state index contributed by atoms with van der Waals surface area (Å²) in [6, 6.07) is 6.72. The number of rotatable bonds is 4. The summed E-state index contributed by atoms with van der Waals surface area (Å²) >= 11 is 8.50. The number of nitrogens with one attached hydrogen (secondary N) is 1. The van der Waals surface area contributed by atoms with Gasteiger partial charge in [0.2, 0.25) is 0 Å². The van der Waals surface area contributed by atoms with Crippen LogP contribution in [-0.2, 0) is 6.54 Å². The second kappa shape index (κ2) is 6.87. The van der Waals surface area contributed by atoms with Crippen LogP contribution in [-0.4, -0.2) is 30.1 Å². The summed E-state index contributed by atoms with van der Waals surface area (Å²) in [7, 11) is 0. The Morgan fingerprint density at radius 2 is 2.26 bits per heavy atom. The Balaban J connectivity index is 2.21. The Morgan fingerprint density at radius 3 is 2.95 bits per heavy atom. The zero-order valence-corrected chi connectivity index (χ0v) is 13.5. The van der Waals surface area contributed by atoms with Gasteiger partial charge in [-0.2, -0.15) is 11.8 Å². The number of thioether (sulfide) groups is 1. The van der Waals surface area contributed by atoms with Crippen molar-refractivity contribution >= 4 is 29.1 Å². The summed E-state index contributed by atoms with van der Waals surface area (Å²) in [4.78, 5) is 2.45. The molecule has 0 amide bonds. The molecule has 0 aromatic heterocycles. The van der Waals surface area contributed by atoms with Gasteiger partial charge in [-0.05, 0) is 11.6 Å². The summed E-state index contributed by atoms with van der Waals surface area (Å²) in [5.74, 6) is 1.18. The molecular weight excluding hydrogens is 276 g/mol. The minimum Gasteiger partial charge on any atom is -0.368 e. The lowest BCUT2D eigenvalue weighted by Crippen LogP contribution is -2.37. The van der Waals surface area contributed by atoms with Gasteiger partial charge in [-0.3, -0.25) is 0 Å². The van der Waals surface area contributed by atoms with Crippen molar-refractivity contribution in [2.24, 2.45) is 0 Å². The SMILES string of the molecule is CC(C)NCc1cccc(Cl)c1N1CCSC(C)C1. The first-order valence-corrected chi connectivity index (χ1v) is 8.38. The van der Waals surface area contributed by atoms with Gasteiger partial charge in [0.15, 0.2) is 0 Å². The van der Waals surface area contributed by atoms with Gasteiger partial charge in [-0.25, -0.2) is 0 Å². The zero-order valence-electron chi connectivity index (χ0n) is 11.9. The van der Waals surface area contributed by atoms with Gasteiger partial charge in [0.25, 0.3) is 0 Å². The molecule has 0 bridgehead atoms. The van der Waals surface area contributed by atoms with Gasteiger partial charge in [-0.1, -0.05) is 44.5 Å². The van der Waals surface area contributed by atoms with E-state index in [1.807, 2.05) is 23.9 Å². The molecule has 1 saturated heterocycles. The quantitative estimate of drug-likeness (QED) is 0.911. The maximum atomic E-state index is 6.45. The number of para-hydroxylation sites is 1. The van der Waals surface area contributed by atoms with Crippen molar-refractivity contribution in [3.63, 3.8) is 0 Å². The largest absolute Gasteiger partial charge is 0.368 e. The lowest BCUT2D eigenvalue weighted by atomic mass is 10.1. The number of halogens is 1. The molecule has 106 valence electrons. The van der Waals surface area contributed by atoms with Crippen LogP contribution < -0.4 is 10.2 Å². The lowest BCUT2D eigenvalue weighted by molar-refractivity contribution is 0.587. The molecule has 0 radical (unpaired) electrons. The molecule has 4 heteroatoms. The molecule has 1 aromatic rings. The van der Waals surface area contributed by atoms with Crippen LogP contribution in [0.5, 0.6) is 0 Å². The zero-order chi connectivity index (χ0) is 13.8. The van der Waals surface area contributed by atoms with E-state index in [4.69, 9.17) is 11.6 Å². The first-order chi connectivity index (χ1) is 9.08. The molecule has 1 fully saturated rings. The van der Waals surface area contributed by atoms with Crippen molar-refractivity contribution in [3.8, 4) is 0 Å². The van der Waals surface area contributed by atoms with Crippen LogP contribution in [0.2, 0.25) is 5.02 Å². The highest BCUT2D eigenvalue weighted by molar-refractivity contribution is 8.00. The fourth-order valence-electron chi connectivity index (χ4n) is 2.39. The molecule has 2 nitrogen and oxygen atoms in total. The highest BCUT2D eigenvalue weighted by atomic mass is 35.5. The highest BCUT2D eigenvalue weighted by Crippen LogP contribution is 2.33. The Labute approximate surface area is 125 Å². The fraction of sp³-hybridized carbons (Fsp3) is 0.600. The number of benzene rings is 1. The molecule has 1 heterocycles. The third-order valence-electron chi connectivity index (χ3n) is 3.33. The van der Waals surface area contributed by atoms with E-state index in [9.17, 15) is 0 Å². The summed E-state index contributed by atoms with van der Waals surface area (Å²) < 4.78 is 0. The van der Waals surface area contributed by atoms with Gasteiger partial charge in [0.05, 0.1) is 10.7 Å². The van der Waals surface area contributed by atoms with E-state index in [0.29, 0.717) is 11.3 Å². The molecule has 2 rings (SSSR count). The van der Waals surface area contributed by atoms with Crippen LogP contribution in [0.15, 0.2) is 18.2 Å². The highest BCUT2D eigenvalue weighted by Gasteiger charge is 2.21. The third-order valence-corrected chi connectivity index (χ3v) is 4.77. The minimum atomic E-state index is 0.489. The summed E-state index contributed by atoms with van der Waals surface area (Å²) in [5.41, 5.74) is 2.53. The second-order valence-electron chi connectivity index (χ2n) is 5.41. The summed E-state index contributed by atoms with van der Waals surface area (Å²) in [6.07, 6.45) is 0. The van der Waals surface area contributed by atoms with Crippen LogP contribution in [0.1, 0.15) is 26.3 Å². The van der Waals surface area contributed by atoms with Crippen LogP contribution in [0.3, 0.4) is 0 Å². The Kier molecular flexibility index (Phi) is 5.43. The first-order valence-electron chi connectivity index (χ1n) is 6.95. The van der Waals surface area contributed by atoms with Crippen molar-refractivity contribution in [3.05, 3.63) is 28.8 Å². The van der Waals surface area contributed by atoms with Gasteiger partial charge < -0.3 is 10.2 Å². The van der Waals surface area contributed by atoms with Crippen molar-refractivity contribution in [2.45, 2.75) is 38.6 Å². The smallest absolute Gasteiger partial charge is 0.0642 e. The third kappa shape index (κ3) is 4.04. The van der Waals surface area contributed by atoms with E-state index in [-0.39, 0.29) is 0 Å². The molecule has 19 heavy (non-hydrogen) atoms. The Bertz CT molecular complexity index is 423. The number of anilines is 1. The first kappa shape index (κ1) is 15.0. The molecule has 1 atom stereocenters. The monoisotopic (exact) mass is 298 g/mol. The Hall–Kier alpha value is -0.380. The molecule has 1 aliphatic heterocycles. The normalized spacial score (nSPS) is 20.1. The van der Waals surface area contributed by atoms with Gasteiger partial charge >= 0.3 is 0 Å². The molecule has 1 aromatic carbocycles. The topological polar surface area (TPSA) is 15.3 Å². The number of nitrogens with zero attached hydrogens (tertiary/aromatic N) is 1. The van der Waals surface area contributed by atoms with Crippen molar-refractivity contribution < 1.29 is 0 Å². The van der Waals surface area contributed by atoms with E-state index in [1.165, 1.54) is 17.0 Å². The van der Waals surface area contributed by atoms with Crippen LogP contribution in [0, 0.1) is 0 Å². The average Bonchev–Trinajstić information content (AvgIpc) is 2.36. The van der Waals surface area contributed by atoms with Crippen LogP contribution >= 0.6 is 23.4 Å². The van der Waals surface area contributed by atoms with E-state index in [0.717, 1.165) is 24.7 Å². The van der Waals surface area contributed by atoms with Crippen LogP contribution in [0.4, 0.5) is 5.69 Å². The predicted molar refractivity (Wildman–Crippen MR) is 87.6 cm³/mol. The molecule has 0 aliphatic carbocycles. The standard InChI is InChI=1S/C15H23ClN2S/c1-11(2)17-9-13-5-4-6-14(16)15(13)18-7-8-19-12(3)10-18/h4-6,11-12,17H,7-10H2,1-3H3. The fourth-order valence-corrected chi connectivity index (χ4v) is 3.72. The molecule has 1 unspecified atom stereocenters. The number of hydrogen-bond donors (Lipinski definition) is 1. The molecule has 0 spiro atoms. The van der Waals surface area contributed by atoms with Crippen molar-refractivity contribution in [1.82, 2.24) is 5.32 Å². The summed E-state index contributed by atoms with van der Waals surface area (Å²) in [5, 5.41) is 5.04. The van der Waals surface area contributed by atoms with E-state index in [1.54, 1.807) is 0 Å². The summed E-state index contributed by atoms with van der Waals surface area (Å²) in [6.45, 7) is 9.69. The second-order valence-corrected chi connectivity index (χ2v) is 7.36. The van der Waals surface area contributed by atoms with E-state index in [2.05, 4.69) is 37.1 Å². The van der Waals surface area contributed by atoms with Gasteiger partial charge in [0.1, 0.15) is 0 Å². The predicted octanol–water partition coefficient (Wildman–Crippen LogP) is 3.78. The van der Waals surface area contributed by atoms with Crippen molar-refractivity contribution in [1.29, 1.82) is 0 Å². The minimum absolute atomic E-state index is 0.489. The Morgan fingerprint density at radius 1 is 1.47 bits per heavy atom.